The zero-order valence-electron chi connectivity index (χ0n) is 27.1. The van der Waals surface area contributed by atoms with Crippen molar-refractivity contribution in [1.29, 1.82) is 0 Å². The number of amides is 2. The van der Waals surface area contributed by atoms with Gasteiger partial charge >= 0.3 is 6.03 Å². The predicted molar refractivity (Wildman–Crippen MR) is 188 cm³/mol. The molecule has 2 amide bonds. The molecule has 4 aliphatic heterocycles. The number of hydrogen-bond donors (Lipinski definition) is 3. The zero-order chi connectivity index (χ0) is 32.9. The van der Waals surface area contributed by atoms with E-state index in [1.165, 1.54) is 17.7 Å². The van der Waals surface area contributed by atoms with Gasteiger partial charge in [0.25, 0.3) is 0 Å². The third kappa shape index (κ3) is 6.46. The first kappa shape index (κ1) is 31.6. The Balaban J connectivity index is 0.976. The molecule has 246 valence electrons. The van der Waals surface area contributed by atoms with Crippen molar-refractivity contribution in [2.45, 2.75) is 77.3 Å². The Labute approximate surface area is 281 Å². The SMILES string of the molecule is Cc1ccc(-n2nc(C(C)(C)C)cc2NC(=O)Nc2ccc(CC3CC4CCC(C3)N4S(=O)(=O)C3=CC4=CNSN4C=C3)cc2)cc1. The summed E-state index contributed by atoms with van der Waals surface area (Å²) in [5, 5.41) is 10.8. The fourth-order valence-electron chi connectivity index (χ4n) is 6.96. The number of aromatic nitrogens is 2. The molecular weight excluding hydrogens is 631 g/mol. The highest BCUT2D eigenvalue weighted by molar-refractivity contribution is 7.95. The maximum absolute atomic E-state index is 13.7. The molecule has 10 nitrogen and oxygen atoms in total. The monoisotopic (exact) mass is 671 g/mol. The van der Waals surface area contributed by atoms with Crippen LogP contribution in [0, 0.1) is 12.8 Å². The number of nitrogens with one attached hydrogen (secondary N) is 3. The van der Waals surface area contributed by atoms with Crippen molar-refractivity contribution in [3.05, 3.63) is 107 Å². The normalized spacial score (nSPS) is 22.4. The molecule has 7 rings (SSSR count). The second-order valence-corrected chi connectivity index (χ2v) is 16.6. The summed E-state index contributed by atoms with van der Waals surface area (Å²) in [6, 6.07) is 17.6. The summed E-state index contributed by atoms with van der Waals surface area (Å²) in [6.07, 6.45) is 11.5. The van der Waals surface area contributed by atoms with Gasteiger partial charge in [-0.05, 0) is 86.9 Å². The number of sulfonamides is 1. The second-order valence-electron chi connectivity index (χ2n) is 13.9. The highest BCUT2D eigenvalue weighted by Crippen LogP contribution is 2.44. The minimum absolute atomic E-state index is 0.0259. The standard InChI is InChI=1S/C35H41N7O3S2/c1-23-5-11-27(12-6-23)41-33(21-32(39-41)35(2,3)4)38-34(43)37-26-9-7-24(8-10-26)17-25-18-28-13-14-29(19-25)42(28)47(44,45)31-15-16-40-30(20-31)22-36-46-40/h5-12,15-16,20-22,25,28-29,36H,13-14,17-19H2,1-4H3,(H2,37,38,43). The highest BCUT2D eigenvalue weighted by atomic mass is 32.2. The van der Waals surface area contributed by atoms with Gasteiger partial charge < -0.3 is 10.0 Å². The molecule has 47 heavy (non-hydrogen) atoms. The molecule has 0 aliphatic carbocycles. The summed E-state index contributed by atoms with van der Waals surface area (Å²) in [6.45, 7) is 8.33. The van der Waals surface area contributed by atoms with Crippen LogP contribution in [0.25, 0.3) is 5.69 Å². The number of benzene rings is 2. The van der Waals surface area contributed by atoms with Crippen molar-refractivity contribution in [3.8, 4) is 5.69 Å². The first-order valence-electron chi connectivity index (χ1n) is 16.1. The largest absolute Gasteiger partial charge is 0.324 e. The molecule has 4 aliphatic rings. The summed E-state index contributed by atoms with van der Waals surface area (Å²) in [7, 11) is -3.57. The van der Waals surface area contributed by atoms with Crippen LogP contribution in [0.3, 0.4) is 0 Å². The van der Waals surface area contributed by atoms with E-state index in [-0.39, 0.29) is 23.5 Å². The number of carbonyl (C=O) groups excluding carboxylic acids is 1. The lowest BCUT2D eigenvalue weighted by atomic mass is 9.87. The van der Waals surface area contributed by atoms with Gasteiger partial charge in [-0.15, -0.1) is 0 Å². The number of hydrogen-bond acceptors (Lipinski definition) is 7. The topological polar surface area (TPSA) is 112 Å². The van der Waals surface area contributed by atoms with E-state index in [0.29, 0.717) is 22.3 Å². The van der Waals surface area contributed by atoms with Gasteiger partial charge in [0.15, 0.2) is 0 Å². The first-order chi connectivity index (χ1) is 22.4. The Morgan fingerprint density at radius 3 is 2.40 bits per heavy atom. The lowest BCUT2D eigenvalue weighted by molar-refractivity contribution is 0.191. The third-order valence-corrected chi connectivity index (χ3v) is 12.1. The van der Waals surface area contributed by atoms with Crippen molar-refractivity contribution in [2.24, 2.45) is 5.92 Å². The number of fused-ring (bicyclic) bond motifs is 3. The molecule has 5 heterocycles. The maximum Gasteiger partial charge on any atom is 0.324 e. The van der Waals surface area contributed by atoms with Crippen LogP contribution < -0.4 is 15.4 Å². The fourth-order valence-corrected chi connectivity index (χ4v) is 9.49. The summed E-state index contributed by atoms with van der Waals surface area (Å²) < 4.78 is 36.0. The van der Waals surface area contributed by atoms with Crippen LogP contribution >= 0.6 is 12.1 Å². The van der Waals surface area contributed by atoms with Gasteiger partial charge in [0.05, 0.1) is 34.1 Å². The van der Waals surface area contributed by atoms with Crippen molar-refractivity contribution < 1.29 is 13.2 Å². The molecule has 3 aromatic rings. The molecule has 3 N–H and O–H groups in total. The summed E-state index contributed by atoms with van der Waals surface area (Å²) >= 11 is 1.42. The number of aryl methyl sites for hydroxylation is 1. The average molecular weight is 672 g/mol. The molecule has 2 fully saturated rings. The van der Waals surface area contributed by atoms with Crippen molar-refractivity contribution >= 4 is 39.7 Å². The molecule has 1 aromatic heterocycles. The number of carbonyl (C=O) groups is 1. The van der Waals surface area contributed by atoms with Crippen molar-refractivity contribution in [3.63, 3.8) is 0 Å². The molecule has 0 spiro atoms. The first-order valence-corrected chi connectivity index (χ1v) is 18.4. The van der Waals surface area contributed by atoms with Crippen LogP contribution in [0.15, 0.2) is 89.8 Å². The molecule has 2 unspecified atom stereocenters. The van der Waals surface area contributed by atoms with Crippen molar-refractivity contribution in [2.75, 3.05) is 10.6 Å². The lowest BCUT2D eigenvalue weighted by Gasteiger charge is -2.38. The van der Waals surface area contributed by atoms with E-state index in [1.54, 1.807) is 21.1 Å². The van der Waals surface area contributed by atoms with Crippen LogP contribution in [-0.4, -0.2) is 44.9 Å². The fraction of sp³-hybridized carbons (Fsp3) is 0.371. The Morgan fingerprint density at radius 1 is 1.02 bits per heavy atom. The van der Waals surface area contributed by atoms with Gasteiger partial charge in [0, 0.05) is 41.7 Å². The van der Waals surface area contributed by atoms with Gasteiger partial charge in [0.1, 0.15) is 5.82 Å². The Bertz CT molecular complexity index is 1860. The van der Waals surface area contributed by atoms with E-state index in [2.05, 4.69) is 48.3 Å². The van der Waals surface area contributed by atoms with E-state index in [0.717, 1.165) is 54.7 Å². The molecular formula is C35H41N7O3S2. The smallest absolute Gasteiger partial charge is 0.316 e. The number of urea groups is 1. The van der Waals surface area contributed by atoms with Gasteiger partial charge in [0.2, 0.25) is 10.0 Å². The predicted octanol–water partition coefficient (Wildman–Crippen LogP) is 6.96. The lowest BCUT2D eigenvalue weighted by Crippen LogP contribution is -2.47. The van der Waals surface area contributed by atoms with Crippen LogP contribution in [0.2, 0.25) is 0 Å². The van der Waals surface area contributed by atoms with E-state index in [9.17, 15) is 13.2 Å². The van der Waals surface area contributed by atoms with Gasteiger partial charge in [-0.2, -0.15) is 9.40 Å². The molecule has 2 saturated heterocycles. The van der Waals surface area contributed by atoms with E-state index >= 15 is 0 Å². The zero-order valence-corrected chi connectivity index (χ0v) is 28.7. The van der Waals surface area contributed by atoms with Crippen molar-refractivity contribution in [1.82, 2.24) is 23.1 Å². The molecule has 2 bridgehead atoms. The van der Waals surface area contributed by atoms with Gasteiger partial charge in [-0.1, -0.05) is 50.6 Å². The summed E-state index contributed by atoms with van der Waals surface area (Å²) in [5.41, 5.74) is 5.45. The van der Waals surface area contributed by atoms with E-state index in [1.807, 2.05) is 66.1 Å². The number of piperidine rings is 1. The Kier molecular flexibility index (Phi) is 8.22. The minimum atomic E-state index is -3.57. The molecule has 12 heteroatoms. The molecule has 2 atom stereocenters. The number of rotatable bonds is 7. The highest BCUT2D eigenvalue weighted by Gasteiger charge is 2.47. The Hall–Kier alpha value is -4.00. The number of allylic oxidation sites excluding steroid dienone is 2. The second kappa shape index (κ2) is 12.2. The van der Waals surface area contributed by atoms with Crippen LogP contribution in [0.5, 0.6) is 0 Å². The minimum Gasteiger partial charge on any atom is -0.316 e. The van der Waals surface area contributed by atoms with Crippen LogP contribution in [-0.2, 0) is 21.9 Å². The maximum atomic E-state index is 13.7. The molecule has 0 radical (unpaired) electrons. The quantitative estimate of drug-likeness (QED) is 0.233. The Morgan fingerprint density at radius 2 is 1.72 bits per heavy atom. The van der Waals surface area contributed by atoms with Gasteiger partial charge in [-0.3, -0.25) is 9.62 Å². The average Bonchev–Trinajstić information content (AvgIpc) is 3.74. The summed E-state index contributed by atoms with van der Waals surface area (Å²) in [5.74, 6) is 1.00. The molecule has 0 saturated carbocycles. The van der Waals surface area contributed by atoms with Crippen LogP contribution in [0.1, 0.15) is 63.3 Å². The summed E-state index contributed by atoms with van der Waals surface area (Å²) in [4.78, 5) is 13.5. The van der Waals surface area contributed by atoms with Gasteiger partial charge in [-0.25, -0.2) is 17.9 Å². The number of nitrogens with zero attached hydrogens (tertiary/aromatic N) is 4. The molecule has 2 aromatic carbocycles. The number of anilines is 2. The van der Waals surface area contributed by atoms with E-state index in [4.69, 9.17) is 5.10 Å². The third-order valence-electron chi connectivity index (χ3n) is 9.35. The van der Waals surface area contributed by atoms with E-state index < -0.39 is 10.0 Å². The van der Waals surface area contributed by atoms with Crippen LogP contribution in [0.4, 0.5) is 16.3 Å².